The Bertz CT molecular complexity index is 274. The zero-order valence-corrected chi connectivity index (χ0v) is 9.70. The van der Waals surface area contributed by atoms with Crippen LogP contribution in [0.2, 0.25) is 0 Å². The quantitative estimate of drug-likeness (QED) is 0.663. The Labute approximate surface area is 89.9 Å². The van der Waals surface area contributed by atoms with Gasteiger partial charge in [-0.05, 0) is 26.7 Å². The van der Waals surface area contributed by atoms with Gasteiger partial charge in [-0.25, -0.2) is 0 Å². The molecule has 1 aliphatic carbocycles. The first-order valence-corrected chi connectivity index (χ1v) is 5.33. The van der Waals surface area contributed by atoms with Crippen molar-refractivity contribution < 1.29 is 19.1 Å². The van der Waals surface area contributed by atoms with Crippen LogP contribution in [0.1, 0.15) is 27.7 Å². The van der Waals surface area contributed by atoms with Gasteiger partial charge in [-0.1, -0.05) is 6.92 Å². The van der Waals surface area contributed by atoms with E-state index in [2.05, 4.69) is 0 Å². The van der Waals surface area contributed by atoms with Gasteiger partial charge in [0, 0.05) is 0 Å². The first-order chi connectivity index (χ1) is 7.00. The van der Waals surface area contributed by atoms with E-state index < -0.39 is 5.41 Å². The van der Waals surface area contributed by atoms with Crippen molar-refractivity contribution >= 4 is 11.9 Å². The SMILES string of the molecule is CCOC(=O)[C@H]1[C@H](C)C1(C)C(=O)OCC. The molecule has 1 saturated carbocycles. The second-order valence-electron chi connectivity index (χ2n) is 4.02. The Kier molecular flexibility index (Phi) is 3.37. The molecule has 3 atom stereocenters. The van der Waals surface area contributed by atoms with Crippen molar-refractivity contribution in [1.82, 2.24) is 0 Å². The smallest absolute Gasteiger partial charge is 0.312 e. The first kappa shape index (κ1) is 12.0. The van der Waals surface area contributed by atoms with Gasteiger partial charge in [-0.15, -0.1) is 0 Å². The van der Waals surface area contributed by atoms with Crippen LogP contribution in [0, 0.1) is 17.3 Å². The molecule has 0 heterocycles. The highest BCUT2D eigenvalue weighted by molar-refractivity contribution is 5.91. The van der Waals surface area contributed by atoms with E-state index >= 15 is 0 Å². The molecule has 0 aliphatic heterocycles. The monoisotopic (exact) mass is 214 g/mol. The van der Waals surface area contributed by atoms with E-state index in [4.69, 9.17) is 9.47 Å². The molecule has 1 unspecified atom stereocenters. The maximum absolute atomic E-state index is 11.6. The average molecular weight is 214 g/mol. The van der Waals surface area contributed by atoms with Crippen LogP contribution >= 0.6 is 0 Å². The first-order valence-electron chi connectivity index (χ1n) is 5.33. The second kappa shape index (κ2) is 4.21. The number of hydrogen-bond acceptors (Lipinski definition) is 4. The predicted octanol–water partition coefficient (Wildman–Crippen LogP) is 1.38. The van der Waals surface area contributed by atoms with Crippen LogP contribution in [-0.2, 0) is 19.1 Å². The third-order valence-electron chi connectivity index (χ3n) is 3.24. The number of esters is 2. The summed E-state index contributed by atoms with van der Waals surface area (Å²) in [5.41, 5.74) is -0.678. The molecule has 1 rings (SSSR count). The molecule has 0 amide bonds. The molecule has 15 heavy (non-hydrogen) atoms. The Morgan fingerprint density at radius 3 is 2.20 bits per heavy atom. The van der Waals surface area contributed by atoms with Gasteiger partial charge >= 0.3 is 11.9 Å². The summed E-state index contributed by atoms with van der Waals surface area (Å²) in [5, 5.41) is 0. The van der Waals surface area contributed by atoms with Gasteiger partial charge in [0.15, 0.2) is 0 Å². The molecule has 0 bridgehead atoms. The summed E-state index contributed by atoms with van der Waals surface area (Å²) in [5.74, 6) is -0.914. The molecule has 0 aromatic carbocycles. The van der Waals surface area contributed by atoms with E-state index in [9.17, 15) is 9.59 Å². The highest BCUT2D eigenvalue weighted by atomic mass is 16.5. The highest BCUT2D eigenvalue weighted by Gasteiger charge is 2.69. The molecule has 0 aromatic rings. The predicted molar refractivity (Wildman–Crippen MR) is 54.0 cm³/mol. The Balaban J connectivity index is 2.65. The summed E-state index contributed by atoms with van der Waals surface area (Å²) in [7, 11) is 0. The fraction of sp³-hybridized carbons (Fsp3) is 0.818. The average Bonchev–Trinajstić information content (AvgIpc) is 2.72. The maximum Gasteiger partial charge on any atom is 0.312 e. The van der Waals surface area contributed by atoms with Crippen LogP contribution in [-0.4, -0.2) is 25.2 Å². The molecule has 0 spiro atoms. The summed E-state index contributed by atoms with van der Waals surface area (Å²) in [6.07, 6.45) is 0. The second-order valence-corrected chi connectivity index (χ2v) is 4.02. The summed E-state index contributed by atoms with van der Waals surface area (Å²) in [6, 6.07) is 0. The normalized spacial score (nSPS) is 33.3. The van der Waals surface area contributed by atoms with Gasteiger partial charge < -0.3 is 9.47 Å². The fourth-order valence-electron chi connectivity index (χ4n) is 2.01. The highest BCUT2D eigenvalue weighted by Crippen LogP contribution is 2.59. The van der Waals surface area contributed by atoms with Gasteiger partial charge in [0.25, 0.3) is 0 Å². The lowest BCUT2D eigenvalue weighted by atomic mass is 10.1. The maximum atomic E-state index is 11.6. The minimum atomic E-state index is -0.678. The molecule has 0 radical (unpaired) electrons. The number of rotatable bonds is 4. The molecule has 0 N–H and O–H groups in total. The molecule has 4 heteroatoms. The van der Waals surface area contributed by atoms with Crippen LogP contribution in [0.4, 0.5) is 0 Å². The lowest BCUT2D eigenvalue weighted by Crippen LogP contribution is -2.22. The van der Waals surface area contributed by atoms with Crippen molar-refractivity contribution in [2.24, 2.45) is 17.3 Å². The van der Waals surface area contributed by atoms with E-state index in [0.29, 0.717) is 13.2 Å². The van der Waals surface area contributed by atoms with Crippen molar-refractivity contribution in [1.29, 1.82) is 0 Å². The molecule has 1 fully saturated rings. The van der Waals surface area contributed by atoms with Crippen molar-refractivity contribution in [3.63, 3.8) is 0 Å². The summed E-state index contributed by atoms with van der Waals surface area (Å²) in [4.78, 5) is 23.1. The zero-order chi connectivity index (χ0) is 11.6. The van der Waals surface area contributed by atoms with Gasteiger partial charge in [-0.3, -0.25) is 9.59 Å². The van der Waals surface area contributed by atoms with Crippen molar-refractivity contribution in [2.45, 2.75) is 27.7 Å². The van der Waals surface area contributed by atoms with Crippen LogP contribution in [0.3, 0.4) is 0 Å². The minimum absolute atomic E-state index is 0.00981. The molecular weight excluding hydrogens is 196 g/mol. The molecular formula is C11H18O4. The van der Waals surface area contributed by atoms with Crippen molar-refractivity contribution in [3.05, 3.63) is 0 Å². The summed E-state index contributed by atoms with van der Waals surface area (Å²) in [6.45, 7) is 7.84. The lowest BCUT2D eigenvalue weighted by molar-refractivity contribution is -0.154. The number of carbonyl (C=O) groups excluding carboxylic acids is 2. The summed E-state index contributed by atoms with van der Waals surface area (Å²) < 4.78 is 9.86. The van der Waals surface area contributed by atoms with E-state index in [0.717, 1.165) is 0 Å². The van der Waals surface area contributed by atoms with E-state index in [1.54, 1.807) is 20.8 Å². The van der Waals surface area contributed by atoms with Gasteiger partial charge in [0.1, 0.15) is 0 Å². The topological polar surface area (TPSA) is 52.6 Å². The minimum Gasteiger partial charge on any atom is -0.466 e. The molecule has 86 valence electrons. The van der Waals surface area contributed by atoms with Crippen LogP contribution in [0.25, 0.3) is 0 Å². The zero-order valence-electron chi connectivity index (χ0n) is 9.70. The third-order valence-corrected chi connectivity index (χ3v) is 3.24. The van der Waals surface area contributed by atoms with Gasteiger partial charge in [0.05, 0.1) is 24.5 Å². The fourth-order valence-corrected chi connectivity index (χ4v) is 2.01. The van der Waals surface area contributed by atoms with Crippen molar-refractivity contribution in [2.75, 3.05) is 13.2 Å². The lowest BCUT2D eigenvalue weighted by Gasteiger charge is -2.09. The number of ether oxygens (including phenoxy) is 2. The van der Waals surface area contributed by atoms with Crippen LogP contribution in [0.5, 0.6) is 0 Å². The third kappa shape index (κ3) is 1.85. The van der Waals surface area contributed by atoms with E-state index in [-0.39, 0.29) is 23.8 Å². The molecule has 0 aromatic heterocycles. The van der Waals surface area contributed by atoms with Crippen LogP contribution in [0.15, 0.2) is 0 Å². The van der Waals surface area contributed by atoms with E-state index in [1.165, 1.54) is 0 Å². The standard InChI is InChI=1S/C11H18O4/c1-5-14-9(12)8-7(3)11(8,4)10(13)15-6-2/h7-8H,5-6H2,1-4H3/t7-,8+,11?/m0/s1. The molecule has 4 nitrogen and oxygen atoms in total. The Hall–Kier alpha value is -1.06. The molecule has 1 aliphatic rings. The van der Waals surface area contributed by atoms with Gasteiger partial charge in [-0.2, -0.15) is 0 Å². The Morgan fingerprint density at radius 2 is 1.73 bits per heavy atom. The number of carbonyl (C=O) groups is 2. The van der Waals surface area contributed by atoms with Gasteiger partial charge in [0.2, 0.25) is 0 Å². The largest absolute Gasteiger partial charge is 0.466 e. The Morgan fingerprint density at radius 1 is 1.20 bits per heavy atom. The van der Waals surface area contributed by atoms with E-state index in [1.807, 2.05) is 6.92 Å². The summed E-state index contributed by atoms with van der Waals surface area (Å²) >= 11 is 0. The molecule has 0 saturated heterocycles. The number of hydrogen-bond donors (Lipinski definition) is 0. The van der Waals surface area contributed by atoms with Crippen LogP contribution < -0.4 is 0 Å². The van der Waals surface area contributed by atoms with Crippen molar-refractivity contribution in [3.8, 4) is 0 Å².